The first-order chi connectivity index (χ1) is 13.6. The maximum absolute atomic E-state index is 12.5. The van der Waals surface area contributed by atoms with Crippen LogP contribution in [0.5, 0.6) is 11.5 Å². The lowest BCUT2D eigenvalue weighted by atomic mass is 10.1. The van der Waals surface area contributed by atoms with E-state index in [0.717, 1.165) is 27.8 Å². The Balaban J connectivity index is 1.55. The molecular formula is C24H27NO3. The van der Waals surface area contributed by atoms with Gasteiger partial charge in [-0.2, -0.15) is 0 Å². The van der Waals surface area contributed by atoms with Crippen molar-refractivity contribution in [1.82, 2.24) is 5.32 Å². The summed E-state index contributed by atoms with van der Waals surface area (Å²) in [6, 6.07) is 20.0. The van der Waals surface area contributed by atoms with Crippen molar-refractivity contribution in [3.63, 3.8) is 0 Å². The van der Waals surface area contributed by atoms with Crippen LogP contribution in [0, 0.1) is 13.8 Å². The summed E-state index contributed by atoms with van der Waals surface area (Å²) in [7, 11) is 0. The zero-order valence-corrected chi connectivity index (χ0v) is 16.7. The number of benzene rings is 3. The van der Waals surface area contributed by atoms with E-state index in [4.69, 9.17) is 9.47 Å². The molecule has 28 heavy (non-hydrogen) atoms. The molecule has 0 unspecified atom stereocenters. The van der Waals surface area contributed by atoms with Gasteiger partial charge >= 0.3 is 0 Å². The second-order valence-corrected chi connectivity index (χ2v) is 6.90. The molecule has 4 nitrogen and oxygen atoms in total. The third-order valence-electron chi connectivity index (χ3n) is 4.67. The van der Waals surface area contributed by atoms with Gasteiger partial charge in [-0.15, -0.1) is 0 Å². The van der Waals surface area contributed by atoms with Gasteiger partial charge in [0, 0.05) is 5.39 Å². The van der Waals surface area contributed by atoms with Crippen LogP contribution in [0.15, 0.2) is 60.7 Å². The van der Waals surface area contributed by atoms with E-state index in [0.29, 0.717) is 19.6 Å². The SMILES string of the molecule is CC[C@@H](Oc1cccc2ccccc12)C(=O)NCCOc1ccc(C)cc1C. The number of amides is 1. The lowest BCUT2D eigenvalue weighted by molar-refractivity contribution is -0.128. The highest BCUT2D eigenvalue weighted by molar-refractivity contribution is 5.89. The van der Waals surface area contributed by atoms with Crippen molar-refractivity contribution in [2.45, 2.75) is 33.3 Å². The van der Waals surface area contributed by atoms with Crippen molar-refractivity contribution < 1.29 is 14.3 Å². The van der Waals surface area contributed by atoms with Crippen molar-refractivity contribution in [3.8, 4) is 11.5 Å². The lowest BCUT2D eigenvalue weighted by Gasteiger charge is -2.19. The molecule has 0 fully saturated rings. The molecule has 3 aromatic carbocycles. The number of fused-ring (bicyclic) bond motifs is 1. The maximum atomic E-state index is 12.5. The lowest BCUT2D eigenvalue weighted by Crippen LogP contribution is -2.39. The summed E-state index contributed by atoms with van der Waals surface area (Å²) in [6.45, 7) is 6.87. The number of rotatable bonds is 8. The van der Waals surface area contributed by atoms with E-state index in [9.17, 15) is 4.79 Å². The van der Waals surface area contributed by atoms with Crippen LogP contribution < -0.4 is 14.8 Å². The van der Waals surface area contributed by atoms with Crippen LogP contribution in [0.2, 0.25) is 0 Å². The van der Waals surface area contributed by atoms with Gasteiger partial charge in [0.05, 0.1) is 6.54 Å². The van der Waals surface area contributed by atoms with Gasteiger partial charge in [-0.1, -0.05) is 61.0 Å². The molecule has 0 heterocycles. The predicted molar refractivity (Wildman–Crippen MR) is 113 cm³/mol. The maximum Gasteiger partial charge on any atom is 0.261 e. The number of nitrogens with one attached hydrogen (secondary N) is 1. The van der Waals surface area contributed by atoms with Crippen LogP contribution in [0.3, 0.4) is 0 Å². The second-order valence-electron chi connectivity index (χ2n) is 6.90. The quantitative estimate of drug-likeness (QED) is 0.573. The topological polar surface area (TPSA) is 47.6 Å². The fraction of sp³-hybridized carbons (Fsp3) is 0.292. The summed E-state index contributed by atoms with van der Waals surface area (Å²) < 4.78 is 11.8. The average Bonchev–Trinajstić information content (AvgIpc) is 2.70. The summed E-state index contributed by atoms with van der Waals surface area (Å²) >= 11 is 0. The van der Waals surface area contributed by atoms with Gasteiger partial charge < -0.3 is 14.8 Å². The molecule has 0 aromatic heterocycles. The van der Waals surface area contributed by atoms with Crippen LogP contribution in [0.1, 0.15) is 24.5 Å². The van der Waals surface area contributed by atoms with Gasteiger partial charge in [-0.25, -0.2) is 0 Å². The average molecular weight is 377 g/mol. The smallest absolute Gasteiger partial charge is 0.261 e. The predicted octanol–water partition coefficient (Wildman–Crippen LogP) is 4.81. The molecule has 1 amide bonds. The number of aryl methyl sites for hydroxylation is 2. The molecule has 0 spiro atoms. The molecule has 0 saturated heterocycles. The molecule has 3 rings (SSSR count). The number of carbonyl (C=O) groups excluding carboxylic acids is 1. The van der Waals surface area contributed by atoms with Crippen molar-refractivity contribution in [2.24, 2.45) is 0 Å². The molecule has 0 aliphatic rings. The van der Waals surface area contributed by atoms with Gasteiger partial charge in [0.15, 0.2) is 6.10 Å². The Hall–Kier alpha value is -3.01. The zero-order valence-electron chi connectivity index (χ0n) is 16.7. The third kappa shape index (κ3) is 4.83. The first kappa shape index (κ1) is 19.7. The van der Waals surface area contributed by atoms with Crippen LogP contribution in [-0.4, -0.2) is 25.2 Å². The Bertz CT molecular complexity index is 946. The minimum atomic E-state index is -0.535. The first-order valence-corrected chi connectivity index (χ1v) is 9.70. The number of hydrogen-bond donors (Lipinski definition) is 1. The molecule has 4 heteroatoms. The van der Waals surface area contributed by atoms with Crippen molar-refractivity contribution in [2.75, 3.05) is 13.2 Å². The molecule has 3 aromatic rings. The van der Waals surface area contributed by atoms with Gasteiger partial charge in [0.2, 0.25) is 0 Å². The highest BCUT2D eigenvalue weighted by Crippen LogP contribution is 2.26. The summed E-state index contributed by atoms with van der Waals surface area (Å²) in [6.07, 6.45) is 0.0550. The normalized spacial score (nSPS) is 11.8. The Labute approximate surface area is 166 Å². The number of hydrogen-bond acceptors (Lipinski definition) is 3. The van der Waals surface area contributed by atoms with Crippen molar-refractivity contribution in [1.29, 1.82) is 0 Å². The molecule has 0 bridgehead atoms. The molecule has 146 valence electrons. The number of carbonyl (C=O) groups is 1. The molecule has 0 radical (unpaired) electrons. The van der Waals surface area contributed by atoms with E-state index in [2.05, 4.69) is 18.3 Å². The minimum absolute atomic E-state index is 0.125. The van der Waals surface area contributed by atoms with E-state index < -0.39 is 6.10 Å². The standard InChI is InChI=1S/C24H27NO3/c1-4-21(28-23-11-7-9-19-8-5-6-10-20(19)23)24(26)25-14-15-27-22-13-12-17(2)16-18(22)3/h5-13,16,21H,4,14-15H2,1-3H3,(H,25,26)/t21-/m1/s1. The Morgan fingerprint density at radius 2 is 1.79 bits per heavy atom. The number of ether oxygens (including phenoxy) is 2. The Kier molecular flexibility index (Phi) is 6.53. The molecule has 0 aliphatic heterocycles. The van der Waals surface area contributed by atoms with Crippen LogP contribution in [-0.2, 0) is 4.79 Å². The zero-order chi connectivity index (χ0) is 19.9. The highest BCUT2D eigenvalue weighted by atomic mass is 16.5. The van der Waals surface area contributed by atoms with Crippen LogP contribution >= 0.6 is 0 Å². The van der Waals surface area contributed by atoms with Crippen LogP contribution in [0.4, 0.5) is 0 Å². The minimum Gasteiger partial charge on any atom is -0.491 e. The molecule has 1 atom stereocenters. The van der Waals surface area contributed by atoms with E-state index >= 15 is 0 Å². The van der Waals surface area contributed by atoms with E-state index in [1.54, 1.807) is 0 Å². The monoisotopic (exact) mass is 377 g/mol. The van der Waals surface area contributed by atoms with E-state index in [-0.39, 0.29) is 5.91 Å². The summed E-state index contributed by atoms with van der Waals surface area (Å²) in [5, 5.41) is 5.02. The first-order valence-electron chi connectivity index (χ1n) is 9.70. The van der Waals surface area contributed by atoms with E-state index in [1.807, 2.05) is 68.4 Å². The molecular weight excluding hydrogens is 350 g/mol. The highest BCUT2D eigenvalue weighted by Gasteiger charge is 2.19. The van der Waals surface area contributed by atoms with Gasteiger partial charge in [-0.3, -0.25) is 4.79 Å². The van der Waals surface area contributed by atoms with Gasteiger partial charge in [0.1, 0.15) is 18.1 Å². The molecule has 0 aliphatic carbocycles. The Morgan fingerprint density at radius 1 is 1.00 bits per heavy atom. The summed E-state index contributed by atoms with van der Waals surface area (Å²) in [4.78, 5) is 12.5. The third-order valence-corrected chi connectivity index (χ3v) is 4.67. The van der Waals surface area contributed by atoms with E-state index in [1.165, 1.54) is 5.56 Å². The fourth-order valence-electron chi connectivity index (χ4n) is 3.18. The van der Waals surface area contributed by atoms with Gasteiger partial charge in [-0.05, 0) is 43.4 Å². The molecule has 0 saturated carbocycles. The summed E-state index contributed by atoms with van der Waals surface area (Å²) in [5.74, 6) is 1.45. The summed E-state index contributed by atoms with van der Waals surface area (Å²) in [5.41, 5.74) is 2.30. The molecule has 1 N–H and O–H groups in total. The second kappa shape index (κ2) is 9.27. The van der Waals surface area contributed by atoms with Crippen molar-refractivity contribution in [3.05, 3.63) is 71.8 Å². The van der Waals surface area contributed by atoms with Crippen LogP contribution in [0.25, 0.3) is 10.8 Å². The fourth-order valence-corrected chi connectivity index (χ4v) is 3.18. The van der Waals surface area contributed by atoms with Gasteiger partial charge in [0.25, 0.3) is 5.91 Å². The van der Waals surface area contributed by atoms with Crippen molar-refractivity contribution >= 4 is 16.7 Å². The Morgan fingerprint density at radius 3 is 2.57 bits per heavy atom. The largest absolute Gasteiger partial charge is 0.491 e.